The number of pyridine rings is 4. The maximum atomic E-state index is 6.76. The highest BCUT2D eigenvalue weighted by Crippen LogP contribution is 2.30. The van der Waals surface area contributed by atoms with Crippen LogP contribution in [0.25, 0.3) is 16.3 Å². The van der Waals surface area contributed by atoms with Crippen LogP contribution in [0.1, 0.15) is 335 Å². The number of thiophene rings is 1. The van der Waals surface area contributed by atoms with E-state index in [1.54, 1.807) is 41.2 Å². The van der Waals surface area contributed by atoms with Crippen LogP contribution in [0, 0.1) is 88.4 Å². The predicted octanol–water partition coefficient (Wildman–Crippen LogP) is 33.1. The lowest BCUT2D eigenvalue weighted by Crippen LogP contribution is -2.17. The minimum absolute atomic E-state index is 0. The van der Waals surface area contributed by atoms with Crippen molar-refractivity contribution < 1.29 is 9.05 Å². The van der Waals surface area contributed by atoms with E-state index in [-0.39, 0.29) is 33.1 Å². The Balaban J connectivity index is 0. The summed E-state index contributed by atoms with van der Waals surface area (Å²) in [5.41, 5.74) is 17.8. The first-order valence-electron chi connectivity index (χ1n) is 45.0. The van der Waals surface area contributed by atoms with Crippen LogP contribution in [0.5, 0.6) is 0 Å². The lowest BCUT2D eigenvalue weighted by molar-refractivity contribution is 0.321. The summed E-state index contributed by atoms with van der Waals surface area (Å²) in [6.45, 7) is 90.2. The van der Waals surface area contributed by atoms with E-state index >= 15 is 0 Å². The van der Waals surface area contributed by atoms with E-state index in [4.69, 9.17) is 15.6 Å². The Morgan fingerprint density at radius 1 is 0.431 bits per heavy atom. The molecule has 0 fully saturated rings. The Morgan fingerprint density at radius 2 is 0.992 bits per heavy atom. The Hall–Kier alpha value is -8.96. The van der Waals surface area contributed by atoms with Gasteiger partial charge in [-0.15, -0.1) is 34.0 Å². The molecule has 19 heteroatoms. The standard InChI is InChI=1S/C13H16N2O.C10H18N2.C10H12N2.C10H17NS.3C10H15N.C10H16S.C9H15NS.C8H14N2.C8H13NO.3CH4/c1-13(2,3)9-11-14-12(16-15-11)10-7-5-4-6-8-10;1-8-6-9(2)12(11-8)7-10(3,4)5;1-10(2,3)9-6-5-8(11-4)7-12-9;1-8-9(12-7-11-8)5-6-10(2,3)4;1-10(2,3)8-9-4-6-11-7-5-9;1-10(2,3)7-9-5-4-6-11-8-9;1-10(2,3)8-9-6-4-5-7-11-9;1-10(2,3)7-6-9-5-4-8-11-9;1-7-10-8(6-11-7)5-9(2,3)4;1-8(2,3)7-10-6-4-5-9-10;1-8(2,3)6-7-4-5-10-9-7;;;/h4-8H,9H2,1-3H3;6H,7H2,1-5H3;5-7H,1-3H3;7H,5-6H2,1-4H3;4-7H,8H2,1-3H3;4-6,8H,7H2,1-3H3;4-7H,8H2,1-3H3;4-5,8H,6-7H2,1-3H3;6H,5H2,1-4H3;4-6H,7H2,1-3H3;4-5H,6H2,1-3H3;3*1H4. The van der Waals surface area contributed by atoms with Gasteiger partial charge in [0.1, 0.15) is 6.26 Å². The molecule has 1 aromatic carbocycles. The van der Waals surface area contributed by atoms with Gasteiger partial charge in [-0.2, -0.15) is 15.2 Å². The summed E-state index contributed by atoms with van der Waals surface area (Å²) in [5.74, 6) is 1.37. The average molecular weight is 1840 g/mol. The van der Waals surface area contributed by atoms with Crippen molar-refractivity contribution in [1.82, 2.24) is 64.8 Å². The summed E-state index contributed by atoms with van der Waals surface area (Å²) in [7, 11) is 0. The third-order valence-corrected chi connectivity index (χ3v) is 20.1. The monoisotopic (exact) mass is 1840 g/mol. The lowest BCUT2D eigenvalue weighted by Gasteiger charge is -2.18. The van der Waals surface area contributed by atoms with E-state index in [1.807, 2.05) is 139 Å². The van der Waals surface area contributed by atoms with Gasteiger partial charge in [0.15, 0.2) is 5.82 Å². The number of nitrogens with zero attached hydrogens (tertiary/aromatic N) is 14. The Morgan fingerprint density at radius 3 is 1.42 bits per heavy atom. The summed E-state index contributed by atoms with van der Waals surface area (Å²) in [5, 5.41) is 21.8. The van der Waals surface area contributed by atoms with Crippen LogP contribution < -0.4 is 0 Å². The van der Waals surface area contributed by atoms with Crippen molar-refractivity contribution in [2.24, 2.45) is 54.1 Å². The van der Waals surface area contributed by atoms with Gasteiger partial charge in [0, 0.05) is 118 Å². The summed E-state index contributed by atoms with van der Waals surface area (Å²) in [6.07, 6.45) is 27.4. The van der Waals surface area contributed by atoms with Crippen LogP contribution in [0.2, 0.25) is 0 Å². The smallest absolute Gasteiger partial charge is 0.257 e. The normalized spacial score (nSPS) is 11.4. The Labute approximate surface area is 805 Å². The first-order chi connectivity index (χ1) is 58.4. The molecule has 12 aromatic rings. The van der Waals surface area contributed by atoms with Crippen LogP contribution >= 0.6 is 34.0 Å². The van der Waals surface area contributed by atoms with E-state index in [2.05, 4.69) is 367 Å². The maximum Gasteiger partial charge on any atom is 0.257 e. The quantitative estimate of drug-likeness (QED) is 0.0995. The summed E-state index contributed by atoms with van der Waals surface area (Å²) >= 11 is 5.38. The zero-order valence-electron chi connectivity index (χ0n) is 85.7. The van der Waals surface area contributed by atoms with Gasteiger partial charge < -0.3 is 9.05 Å². The van der Waals surface area contributed by atoms with Gasteiger partial charge in [-0.3, -0.25) is 29.3 Å². The molecule has 722 valence electrons. The Kier molecular flexibility index (Phi) is 55.1. The zero-order valence-corrected chi connectivity index (χ0v) is 88.1. The van der Waals surface area contributed by atoms with Crippen molar-refractivity contribution in [2.45, 2.75) is 361 Å². The van der Waals surface area contributed by atoms with E-state index in [1.165, 1.54) is 74.3 Å². The van der Waals surface area contributed by atoms with Gasteiger partial charge in [-0.05, 0) is 217 Å². The summed E-state index contributed by atoms with van der Waals surface area (Å²) in [6, 6.07) is 38.2. The molecule has 11 aromatic heterocycles. The number of rotatable bonds is 13. The minimum Gasteiger partial charge on any atom is -0.365 e. The van der Waals surface area contributed by atoms with Gasteiger partial charge in [0.25, 0.3) is 5.89 Å². The van der Waals surface area contributed by atoms with Crippen molar-refractivity contribution in [2.75, 3.05) is 0 Å². The molecule has 0 radical (unpaired) electrons. The number of hydrogen-bond acceptors (Lipinski definition) is 16. The average Bonchev–Trinajstić information content (AvgIpc) is 1.55. The molecule has 130 heavy (non-hydrogen) atoms. The third kappa shape index (κ3) is 66.4. The van der Waals surface area contributed by atoms with E-state index < -0.39 is 0 Å². The zero-order chi connectivity index (χ0) is 96.3. The highest BCUT2D eigenvalue weighted by atomic mass is 32.1. The first-order valence-corrected chi connectivity index (χ1v) is 47.6. The molecule has 0 saturated heterocycles. The van der Waals surface area contributed by atoms with E-state index in [0.717, 1.165) is 80.1 Å². The fraction of sp³-hybridized carbons (Fsp3) is 0.568. The fourth-order valence-electron chi connectivity index (χ4n) is 11.7. The first kappa shape index (κ1) is 123. The second-order valence-electron chi connectivity index (χ2n) is 45.9. The molecule has 0 atom stereocenters. The van der Waals surface area contributed by atoms with Crippen LogP contribution in [0.4, 0.5) is 5.69 Å². The molecule has 0 amide bonds. The van der Waals surface area contributed by atoms with Crippen LogP contribution in [0.3, 0.4) is 0 Å². The summed E-state index contributed by atoms with van der Waals surface area (Å²) in [4.78, 5) is 35.8. The molecule has 16 nitrogen and oxygen atoms in total. The van der Waals surface area contributed by atoms with Gasteiger partial charge in [0.05, 0.1) is 39.9 Å². The topological polar surface area (TPSA) is 182 Å². The fourth-order valence-corrected chi connectivity index (χ4v) is 13.8. The molecule has 12 rings (SSSR count). The van der Waals surface area contributed by atoms with Gasteiger partial charge in [0.2, 0.25) is 5.69 Å². The molecule has 0 unspecified atom stereocenters. The molecule has 0 N–H and O–H groups in total. The van der Waals surface area contributed by atoms with Crippen LogP contribution in [0.15, 0.2) is 196 Å². The predicted molar refractivity (Wildman–Crippen MR) is 564 cm³/mol. The largest absolute Gasteiger partial charge is 0.365 e. The van der Waals surface area contributed by atoms with Gasteiger partial charge in [-0.25, -0.2) is 14.8 Å². The number of aryl methyl sites for hydroxylation is 6. The van der Waals surface area contributed by atoms with Crippen LogP contribution in [-0.2, 0) is 69.9 Å². The number of benzene rings is 1. The van der Waals surface area contributed by atoms with Crippen molar-refractivity contribution >= 4 is 39.7 Å². The molecular weight excluding hydrogens is 1660 g/mol. The molecule has 0 aliphatic carbocycles. The second-order valence-corrected chi connectivity index (χ2v) is 49.0. The van der Waals surface area contributed by atoms with Crippen molar-refractivity contribution in [3.63, 3.8) is 0 Å². The molecule has 0 aliphatic heterocycles. The van der Waals surface area contributed by atoms with E-state index in [0.29, 0.717) is 60.3 Å². The highest BCUT2D eigenvalue weighted by Gasteiger charge is 2.21. The number of aromatic nitrogens is 13. The molecule has 0 saturated carbocycles. The lowest BCUT2D eigenvalue weighted by atomic mass is 9.89. The molecule has 0 aliphatic rings. The number of thiazole rings is 2. The van der Waals surface area contributed by atoms with Gasteiger partial charge >= 0.3 is 0 Å². The maximum absolute atomic E-state index is 6.76. The Bertz CT molecular complexity index is 4640. The molecule has 11 heterocycles. The third-order valence-electron chi connectivity index (χ3n) is 17.4. The van der Waals surface area contributed by atoms with E-state index in [9.17, 15) is 0 Å². The SMILES string of the molecule is C.C.C.CC(C)(C)CCc1cccs1.CC(C)(C)Cc1ccccn1.CC(C)(C)Cc1cccnc1.CC(C)(C)Cc1ccncc1.CC(C)(C)Cc1ccon1.CC(C)(C)Cc1noc(-c2ccccc2)n1.CC(C)(C)Cn1cccn1.Cc1cc(C)n(CC(C)(C)C)n1.Cc1nc(CC(C)(C)C)cs1.Cc1ncsc1CCC(C)(C)C.[C-]#[N+]c1ccc(C(C)(C)C)nc1. The van der Waals surface area contributed by atoms with Gasteiger partial charge in [-0.1, -0.05) is 310 Å². The van der Waals surface area contributed by atoms with Crippen LogP contribution in [-0.4, -0.2) is 64.8 Å². The van der Waals surface area contributed by atoms with Crippen molar-refractivity contribution in [3.8, 4) is 11.5 Å². The van der Waals surface area contributed by atoms with Crippen molar-refractivity contribution in [1.29, 1.82) is 0 Å². The molecule has 0 bridgehead atoms. The molecule has 0 spiro atoms. The molecular formula is C111H178N14O2S3. The summed E-state index contributed by atoms with van der Waals surface area (Å²) < 4.78 is 14.0. The van der Waals surface area contributed by atoms with Crippen molar-refractivity contribution in [3.05, 3.63) is 270 Å². The highest BCUT2D eigenvalue weighted by molar-refractivity contribution is 7.10. The minimum atomic E-state index is 0. The number of hydrogen-bond donors (Lipinski definition) is 0. The second kappa shape index (κ2) is 58.1.